The highest BCUT2D eigenvalue weighted by Crippen LogP contribution is 2.13. The van der Waals surface area contributed by atoms with Crippen LogP contribution in [0.2, 0.25) is 0 Å². The van der Waals surface area contributed by atoms with Crippen molar-refractivity contribution in [1.29, 1.82) is 0 Å². The molecule has 0 aliphatic rings. The van der Waals surface area contributed by atoms with E-state index >= 15 is 0 Å². The lowest BCUT2D eigenvalue weighted by molar-refractivity contribution is 0.421. The number of aryl methyl sites for hydroxylation is 1. The molecule has 0 aliphatic carbocycles. The minimum atomic E-state index is 0.445. The summed E-state index contributed by atoms with van der Waals surface area (Å²) in [6, 6.07) is 0.445. The van der Waals surface area contributed by atoms with Gasteiger partial charge in [0.05, 0.1) is 5.69 Å². The van der Waals surface area contributed by atoms with Gasteiger partial charge in [-0.1, -0.05) is 20.8 Å². The minimum absolute atomic E-state index is 0.445. The first kappa shape index (κ1) is 13.9. The largest absolute Gasteiger partial charge is 0.314 e. The Morgan fingerprint density at radius 3 is 2.79 bits per heavy atom. The highest BCUT2D eigenvalue weighted by Gasteiger charge is 2.15. The number of likely N-dealkylation sites (N-methyl/N-ethyl adjacent to an activating group) is 1. The molecule has 0 aromatic carbocycles. The van der Waals surface area contributed by atoms with Gasteiger partial charge in [0.1, 0.15) is 5.82 Å². The fraction of sp³-hybridized carbons (Fsp3) is 0.643. The lowest BCUT2D eigenvalue weighted by atomic mass is 9.99. The summed E-state index contributed by atoms with van der Waals surface area (Å²) < 4.78 is 2.00. The van der Waals surface area contributed by atoms with Gasteiger partial charge in [-0.25, -0.2) is 0 Å². The summed E-state index contributed by atoms with van der Waals surface area (Å²) in [4.78, 5) is 4.49. The average molecular weight is 261 g/mol. The molecule has 19 heavy (non-hydrogen) atoms. The van der Waals surface area contributed by atoms with Gasteiger partial charge in [-0.15, -0.1) is 10.2 Å². The number of fused-ring (bicyclic) bond motifs is 1. The molecule has 5 heteroatoms. The zero-order valence-corrected chi connectivity index (χ0v) is 12.2. The van der Waals surface area contributed by atoms with E-state index in [9.17, 15) is 0 Å². The number of rotatable bonds is 6. The third-order valence-corrected chi connectivity index (χ3v) is 3.26. The lowest BCUT2D eigenvalue weighted by Gasteiger charge is -2.19. The molecule has 104 valence electrons. The topological polar surface area (TPSA) is 55.1 Å². The van der Waals surface area contributed by atoms with Gasteiger partial charge < -0.3 is 5.32 Å². The second-order valence-corrected chi connectivity index (χ2v) is 5.40. The molecule has 2 rings (SSSR count). The molecular weight excluding hydrogens is 238 g/mol. The van der Waals surface area contributed by atoms with Crippen LogP contribution in [0.1, 0.15) is 38.7 Å². The number of hydrogen-bond donors (Lipinski definition) is 1. The fourth-order valence-corrected chi connectivity index (χ4v) is 2.47. The molecule has 0 bridgehead atoms. The predicted octanol–water partition coefficient (Wildman–Crippen LogP) is 2.00. The second kappa shape index (κ2) is 6.10. The van der Waals surface area contributed by atoms with E-state index in [1.807, 2.05) is 23.7 Å². The van der Waals surface area contributed by atoms with E-state index in [4.69, 9.17) is 0 Å². The molecule has 1 unspecified atom stereocenters. The Labute approximate surface area is 114 Å². The molecule has 2 aromatic rings. The molecule has 0 saturated heterocycles. The predicted molar refractivity (Wildman–Crippen MR) is 76.1 cm³/mol. The third-order valence-electron chi connectivity index (χ3n) is 3.26. The maximum atomic E-state index is 4.49. The van der Waals surface area contributed by atoms with Gasteiger partial charge in [0, 0.05) is 24.9 Å². The maximum absolute atomic E-state index is 4.49. The second-order valence-electron chi connectivity index (χ2n) is 5.40. The zero-order valence-electron chi connectivity index (χ0n) is 12.2. The zero-order chi connectivity index (χ0) is 13.8. The van der Waals surface area contributed by atoms with Crippen LogP contribution in [0.5, 0.6) is 0 Å². The standard InChI is InChI=1S/C14H23N5/c1-5-15-12(8-10(2)3)9-13-14-18-17-11(4)19(14)7-6-16-13/h6-7,10,12,15H,5,8-9H2,1-4H3. The molecule has 0 amide bonds. The first-order valence-electron chi connectivity index (χ1n) is 7.00. The van der Waals surface area contributed by atoms with Crippen molar-refractivity contribution in [3.63, 3.8) is 0 Å². The fourth-order valence-electron chi connectivity index (χ4n) is 2.47. The van der Waals surface area contributed by atoms with E-state index in [1.165, 1.54) is 0 Å². The quantitative estimate of drug-likeness (QED) is 0.864. The van der Waals surface area contributed by atoms with Crippen LogP contribution in [0.25, 0.3) is 5.65 Å². The molecule has 0 radical (unpaired) electrons. The van der Waals surface area contributed by atoms with Crippen molar-refractivity contribution in [1.82, 2.24) is 24.9 Å². The molecule has 0 fully saturated rings. The number of nitrogens with zero attached hydrogens (tertiary/aromatic N) is 4. The molecule has 5 nitrogen and oxygen atoms in total. The maximum Gasteiger partial charge on any atom is 0.182 e. The first-order valence-corrected chi connectivity index (χ1v) is 7.00. The van der Waals surface area contributed by atoms with E-state index in [-0.39, 0.29) is 0 Å². The molecule has 1 atom stereocenters. The van der Waals surface area contributed by atoms with Crippen LogP contribution in [0.15, 0.2) is 12.4 Å². The van der Waals surface area contributed by atoms with Crippen molar-refractivity contribution in [2.45, 2.75) is 46.6 Å². The number of aromatic nitrogens is 4. The Morgan fingerprint density at radius 2 is 2.11 bits per heavy atom. The van der Waals surface area contributed by atoms with Gasteiger partial charge in [-0.3, -0.25) is 9.38 Å². The SMILES string of the molecule is CCNC(Cc1nccn2c(C)nnc12)CC(C)C. The van der Waals surface area contributed by atoms with Crippen LogP contribution in [0.3, 0.4) is 0 Å². The van der Waals surface area contributed by atoms with Crippen LogP contribution < -0.4 is 5.32 Å². The third kappa shape index (κ3) is 3.29. The number of nitrogens with one attached hydrogen (secondary N) is 1. The van der Waals surface area contributed by atoms with Crippen LogP contribution in [-0.4, -0.2) is 32.2 Å². The van der Waals surface area contributed by atoms with Gasteiger partial charge >= 0.3 is 0 Å². The van der Waals surface area contributed by atoms with E-state index in [0.717, 1.165) is 36.6 Å². The highest BCUT2D eigenvalue weighted by atomic mass is 15.2. The van der Waals surface area contributed by atoms with Gasteiger partial charge in [-0.05, 0) is 25.8 Å². The van der Waals surface area contributed by atoms with Crippen molar-refractivity contribution >= 4 is 5.65 Å². The molecule has 2 aromatic heterocycles. The van der Waals surface area contributed by atoms with E-state index in [1.54, 1.807) is 0 Å². The smallest absolute Gasteiger partial charge is 0.182 e. The Balaban J connectivity index is 2.23. The summed E-state index contributed by atoms with van der Waals surface area (Å²) in [5.41, 5.74) is 1.90. The lowest BCUT2D eigenvalue weighted by Crippen LogP contribution is -2.32. The first-order chi connectivity index (χ1) is 9.11. The van der Waals surface area contributed by atoms with Crippen molar-refractivity contribution in [2.24, 2.45) is 5.92 Å². The Hall–Kier alpha value is -1.49. The molecule has 1 N–H and O–H groups in total. The van der Waals surface area contributed by atoms with Gasteiger partial charge in [0.25, 0.3) is 0 Å². The summed E-state index contributed by atoms with van der Waals surface area (Å²) in [6.45, 7) is 9.58. The molecule has 0 saturated carbocycles. The van der Waals surface area contributed by atoms with Crippen molar-refractivity contribution in [3.05, 3.63) is 23.9 Å². The van der Waals surface area contributed by atoms with Gasteiger partial charge in [0.15, 0.2) is 5.65 Å². The van der Waals surface area contributed by atoms with E-state index in [0.29, 0.717) is 12.0 Å². The summed E-state index contributed by atoms with van der Waals surface area (Å²) >= 11 is 0. The monoisotopic (exact) mass is 261 g/mol. The van der Waals surface area contributed by atoms with Crippen molar-refractivity contribution in [3.8, 4) is 0 Å². The van der Waals surface area contributed by atoms with E-state index in [2.05, 4.69) is 41.3 Å². The molecular formula is C14H23N5. The van der Waals surface area contributed by atoms with Crippen LogP contribution in [-0.2, 0) is 6.42 Å². The summed E-state index contributed by atoms with van der Waals surface area (Å²) in [6.07, 6.45) is 5.79. The minimum Gasteiger partial charge on any atom is -0.314 e. The Morgan fingerprint density at radius 1 is 1.32 bits per heavy atom. The van der Waals surface area contributed by atoms with Crippen LogP contribution in [0.4, 0.5) is 0 Å². The van der Waals surface area contributed by atoms with Crippen LogP contribution >= 0.6 is 0 Å². The summed E-state index contributed by atoms with van der Waals surface area (Å²) in [7, 11) is 0. The highest BCUT2D eigenvalue weighted by molar-refractivity contribution is 5.43. The Bertz CT molecular complexity index is 532. The number of hydrogen-bond acceptors (Lipinski definition) is 4. The summed E-state index contributed by atoms with van der Waals surface area (Å²) in [5, 5.41) is 11.9. The van der Waals surface area contributed by atoms with Crippen LogP contribution in [0, 0.1) is 12.8 Å². The van der Waals surface area contributed by atoms with E-state index < -0.39 is 0 Å². The average Bonchev–Trinajstić information content (AvgIpc) is 2.72. The van der Waals surface area contributed by atoms with Gasteiger partial charge in [-0.2, -0.15) is 0 Å². The van der Waals surface area contributed by atoms with Crippen molar-refractivity contribution in [2.75, 3.05) is 6.54 Å². The normalized spacial score (nSPS) is 13.3. The molecule has 0 aliphatic heterocycles. The molecule has 2 heterocycles. The van der Waals surface area contributed by atoms with Gasteiger partial charge in [0.2, 0.25) is 0 Å². The van der Waals surface area contributed by atoms with Crippen molar-refractivity contribution < 1.29 is 0 Å². The summed E-state index contributed by atoms with van der Waals surface area (Å²) in [5.74, 6) is 1.57. The molecule has 0 spiro atoms. The Kier molecular flexibility index (Phi) is 4.47.